The molecule has 1 aliphatic rings. The number of thioether (sulfide) groups is 2. The summed E-state index contributed by atoms with van der Waals surface area (Å²) in [5.41, 5.74) is 2.13. The summed E-state index contributed by atoms with van der Waals surface area (Å²) in [5, 5.41) is 0. The van der Waals surface area contributed by atoms with Crippen molar-refractivity contribution in [3.63, 3.8) is 0 Å². The van der Waals surface area contributed by atoms with Crippen molar-refractivity contribution in [1.82, 2.24) is 0 Å². The Kier molecular flexibility index (Phi) is 4.57. The summed E-state index contributed by atoms with van der Waals surface area (Å²) < 4.78 is 4.79. The van der Waals surface area contributed by atoms with Gasteiger partial charge in [0.2, 0.25) is 0 Å². The number of rotatable bonds is 4. The van der Waals surface area contributed by atoms with Gasteiger partial charge in [-0.3, -0.25) is 0 Å². The summed E-state index contributed by atoms with van der Waals surface area (Å²) in [6.07, 6.45) is 0. The molecule has 17 heavy (non-hydrogen) atoms. The summed E-state index contributed by atoms with van der Waals surface area (Å²) in [6.45, 7) is 0. The highest BCUT2D eigenvalue weighted by atomic mass is 32.2. The van der Waals surface area contributed by atoms with E-state index in [4.69, 9.17) is 4.74 Å². The van der Waals surface area contributed by atoms with E-state index in [1.165, 1.54) is 17.6 Å². The zero-order chi connectivity index (χ0) is 12.1. The summed E-state index contributed by atoms with van der Waals surface area (Å²) in [5.74, 6) is 2.45. The van der Waals surface area contributed by atoms with Crippen molar-refractivity contribution < 1.29 is 9.53 Å². The van der Waals surface area contributed by atoms with Gasteiger partial charge in [0.25, 0.3) is 0 Å². The molecule has 0 aromatic heterocycles. The van der Waals surface area contributed by atoms with Gasteiger partial charge in [0.15, 0.2) is 0 Å². The predicted molar refractivity (Wildman–Crippen MR) is 74.1 cm³/mol. The lowest BCUT2D eigenvalue weighted by molar-refractivity contribution is -0.135. The van der Waals surface area contributed by atoms with Crippen LogP contribution in [0.1, 0.15) is 5.56 Å². The first kappa shape index (κ1) is 12.6. The van der Waals surface area contributed by atoms with E-state index in [1.54, 1.807) is 23.5 Å². The zero-order valence-electron chi connectivity index (χ0n) is 9.64. The standard InChI is InChI=1S/C13H14O2S2/c1-15-13(14)11-8-16-9-12(11)17-7-10-5-3-2-4-6-10/h2-6H,7-9H2,1H3. The van der Waals surface area contributed by atoms with Gasteiger partial charge in [-0.15, -0.1) is 11.8 Å². The van der Waals surface area contributed by atoms with Gasteiger partial charge in [-0.05, 0) is 5.56 Å². The molecule has 0 fully saturated rings. The Morgan fingerprint density at radius 1 is 1.35 bits per heavy atom. The summed E-state index contributed by atoms with van der Waals surface area (Å²) in [4.78, 5) is 12.7. The molecule has 1 aromatic rings. The van der Waals surface area contributed by atoms with Crippen LogP contribution in [0.4, 0.5) is 0 Å². The number of methoxy groups -OCH3 is 1. The fourth-order valence-corrected chi connectivity index (χ4v) is 4.08. The average molecular weight is 266 g/mol. The van der Waals surface area contributed by atoms with Gasteiger partial charge in [0, 0.05) is 22.2 Å². The number of ether oxygens (including phenoxy) is 1. The maximum Gasteiger partial charge on any atom is 0.335 e. The van der Waals surface area contributed by atoms with Gasteiger partial charge in [-0.2, -0.15) is 11.8 Å². The zero-order valence-corrected chi connectivity index (χ0v) is 11.3. The lowest BCUT2D eigenvalue weighted by Crippen LogP contribution is -2.06. The molecule has 0 amide bonds. The third-order valence-corrected chi connectivity index (χ3v) is 4.89. The van der Waals surface area contributed by atoms with Crippen molar-refractivity contribution in [3.05, 3.63) is 46.4 Å². The van der Waals surface area contributed by atoms with Gasteiger partial charge in [-0.1, -0.05) is 30.3 Å². The fraction of sp³-hybridized carbons (Fsp3) is 0.308. The molecule has 2 rings (SSSR count). The second kappa shape index (κ2) is 6.17. The summed E-state index contributed by atoms with van der Waals surface area (Å²) >= 11 is 3.52. The molecule has 0 aliphatic carbocycles. The van der Waals surface area contributed by atoms with Crippen molar-refractivity contribution in [2.75, 3.05) is 18.6 Å². The monoisotopic (exact) mass is 266 g/mol. The van der Waals surface area contributed by atoms with Crippen molar-refractivity contribution in [3.8, 4) is 0 Å². The molecule has 1 aromatic carbocycles. The first-order valence-corrected chi connectivity index (χ1v) is 7.50. The Bertz CT molecular complexity index is 426. The van der Waals surface area contributed by atoms with Gasteiger partial charge in [0.05, 0.1) is 12.7 Å². The molecular weight excluding hydrogens is 252 g/mol. The molecule has 0 bridgehead atoms. The van der Waals surface area contributed by atoms with Crippen LogP contribution in [0.25, 0.3) is 0 Å². The lowest BCUT2D eigenvalue weighted by atomic mass is 10.2. The third kappa shape index (κ3) is 3.30. The maximum absolute atomic E-state index is 11.5. The van der Waals surface area contributed by atoms with E-state index >= 15 is 0 Å². The topological polar surface area (TPSA) is 26.3 Å². The predicted octanol–water partition coefficient (Wildman–Crippen LogP) is 3.09. The summed E-state index contributed by atoms with van der Waals surface area (Å²) in [6, 6.07) is 10.3. The highest BCUT2D eigenvalue weighted by molar-refractivity contribution is 8.06. The smallest absolute Gasteiger partial charge is 0.335 e. The summed E-state index contributed by atoms with van der Waals surface area (Å²) in [7, 11) is 1.44. The Morgan fingerprint density at radius 2 is 2.12 bits per heavy atom. The minimum atomic E-state index is -0.175. The second-order valence-electron chi connectivity index (χ2n) is 3.66. The van der Waals surface area contributed by atoms with Crippen LogP contribution in [-0.2, 0) is 15.3 Å². The molecule has 0 saturated heterocycles. The molecular formula is C13H14O2S2. The minimum Gasteiger partial charge on any atom is -0.466 e. The largest absolute Gasteiger partial charge is 0.466 e. The number of hydrogen-bond donors (Lipinski definition) is 0. The van der Waals surface area contributed by atoms with Crippen LogP contribution in [0.3, 0.4) is 0 Å². The Balaban J connectivity index is 2.01. The van der Waals surface area contributed by atoms with Gasteiger partial charge >= 0.3 is 5.97 Å². The highest BCUT2D eigenvalue weighted by Gasteiger charge is 2.22. The van der Waals surface area contributed by atoms with Crippen LogP contribution in [0, 0.1) is 0 Å². The second-order valence-corrected chi connectivity index (χ2v) is 5.72. The number of carbonyl (C=O) groups excluding carboxylic acids is 1. The van der Waals surface area contributed by atoms with Gasteiger partial charge in [-0.25, -0.2) is 4.79 Å². The van der Waals surface area contributed by atoms with E-state index in [-0.39, 0.29) is 5.97 Å². The average Bonchev–Trinajstić information content (AvgIpc) is 2.85. The molecule has 1 heterocycles. The van der Waals surface area contributed by atoms with Crippen molar-refractivity contribution >= 4 is 29.5 Å². The quantitative estimate of drug-likeness (QED) is 0.782. The number of benzene rings is 1. The van der Waals surface area contributed by atoms with Crippen molar-refractivity contribution in [1.29, 1.82) is 0 Å². The van der Waals surface area contributed by atoms with Crippen LogP contribution in [0.15, 0.2) is 40.8 Å². The van der Waals surface area contributed by atoms with Gasteiger partial charge in [0.1, 0.15) is 0 Å². The van der Waals surface area contributed by atoms with Crippen LogP contribution in [-0.4, -0.2) is 24.6 Å². The van der Waals surface area contributed by atoms with E-state index in [1.807, 2.05) is 18.2 Å². The molecule has 90 valence electrons. The van der Waals surface area contributed by atoms with E-state index in [9.17, 15) is 4.79 Å². The molecule has 1 aliphatic heterocycles. The molecule has 2 nitrogen and oxygen atoms in total. The first-order valence-electron chi connectivity index (χ1n) is 5.36. The highest BCUT2D eigenvalue weighted by Crippen LogP contribution is 2.34. The Labute approximate surface area is 110 Å². The number of hydrogen-bond acceptors (Lipinski definition) is 4. The SMILES string of the molecule is COC(=O)C1=C(SCc2ccccc2)CSC1. The van der Waals surface area contributed by atoms with E-state index in [0.29, 0.717) is 0 Å². The normalized spacial score (nSPS) is 15.1. The lowest BCUT2D eigenvalue weighted by Gasteiger charge is -2.05. The molecule has 0 radical (unpaired) electrons. The maximum atomic E-state index is 11.5. The minimum absolute atomic E-state index is 0.175. The van der Waals surface area contributed by atoms with Crippen LogP contribution in [0.5, 0.6) is 0 Å². The Hall–Kier alpha value is -0.870. The van der Waals surface area contributed by atoms with Gasteiger partial charge < -0.3 is 4.74 Å². The molecule has 0 unspecified atom stereocenters. The van der Waals surface area contributed by atoms with E-state index < -0.39 is 0 Å². The van der Waals surface area contributed by atoms with E-state index in [2.05, 4.69) is 12.1 Å². The molecule has 0 atom stereocenters. The molecule has 0 N–H and O–H groups in total. The van der Waals surface area contributed by atoms with Crippen LogP contribution < -0.4 is 0 Å². The van der Waals surface area contributed by atoms with Crippen LogP contribution >= 0.6 is 23.5 Å². The Morgan fingerprint density at radius 3 is 2.82 bits per heavy atom. The van der Waals surface area contributed by atoms with Crippen LogP contribution in [0.2, 0.25) is 0 Å². The first-order chi connectivity index (χ1) is 8.31. The molecule has 0 spiro atoms. The molecule has 0 saturated carbocycles. The third-order valence-electron chi connectivity index (χ3n) is 2.50. The molecule has 4 heteroatoms. The fourth-order valence-electron chi connectivity index (χ4n) is 1.58. The van der Waals surface area contributed by atoms with Crippen molar-refractivity contribution in [2.24, 2.45) is 0 Å². The van der Waals surface area contributed by atoms with Crippen molar-refractivity contribution in [2.45, 2.75) is 5.75 Å². The number of esters is 1. The van der Waals surface area contributed by atoms with E-state index in [0.717, 1.165) is 22.8 Å². The number of carbonyl (C=O) groups is 1.